The highest BCUT2D eigenvalue weighted by molar-refractivity contribution is 9.10. The van der Waals surface area contributed by atoms with E-state index >= 15 is 0 Å². The fraction of sp³-hybridized carbons (Fsp3) is 0.133. The molecule has 0 bridgehead atoms. The summed E-state index contributed by atoms with van der Waals surface area (Å²) in [5.41, 5.74) is 1.48. The van der Waals surface area contributed by atoms with E-state index in [2.05, 4.69) is 30.6 Å². The van der Waals surface area contributed by atoms with Crippen molar-refractivity contribution in [1.29, 1.82) is 0 Å². The van der Waals surface area contributed by atoms with Crippen LogP contribution in [0.25, 0.3) is 11.0 Å². The third-order valence-electron chi connectivity index (χ3n) is 3.50. The standard InChI is InChI=1S/C15H14BrN3O3S/c1-9(11-4-2-3-5-12(11)16)19-23(21,22)10-6-7-13-14(8-10)18-15(20)17-13/h2-9,19H,1H3,(H2,17,18,20)/t9-/m1/s1. The minimum absolute atomic E-state index is 0.0964. The van der Waals surface area contributed by atoms with Gasteiger partial charge in [0.2, 0.25) is 10.0 Å². The van der Waals surface area contributed by atoms with Crippen LogP contribution in [0.5, 0.6) is 0 Å². The number of nitrogens with one attached hydrogen (secondary N) is 3. The molecule has 6 nitrogen and oxygen atoms in total. The Morgan fingerprint density at radius 2 is 1.78 bits per heavy atom. The van der Waals surface area contributed by atoms with Crippen LogP contribution in [0.4, 0.5) is 0 Å². The first-order valence-electron chi connectivity index (χ1n) is 6.85. The van der Waals surface area contributed by atoms with Crippen LogP contribution in [0.2, 0.25) is 0 Å². The number of hydrogen-bond acceptors (Lipinski definition) is 3. The van der Waals surface area contributed by atoms with Crippen molar-refractivity contribution in [3.8, 4) is 0 Å². The summed E-state index contributed by atoms with van der Waals surface area (Å²) in [5, 5.41) is 0. The zero-order valence-corrected chi connectivity index (χ0v) is 14.5. The molecular weight excluding hydrogens is 382 g/mol. The molecule has 0 aliphatic rings. The Morgan fingerprint density at radius 3 is 2.52 bits per heavy atom. The van der Waals surface area contributed by atoms with Crippen LogP contribution in [0.3, 0.4) is 0 Å². The molecule has 23 heavy (non-hydrogen) atoms. The van der Waals surface area contributed by atoms with Gasteiger partial charge in [-0.05, 0) is 36.8 Å². The van der Waals surface area contributed by atoms with Gasteiger partial charge in [-0.25, -0.2) is 17.9 Å². The summed E-state index contributed by atoms with van der Waals surface area (Å²) in [5.74, 6) is 0. The summed E-state index contributed by atoms with van der Waals surface area (Å²) >= 11 is 3.42. The summed E-state index contributed by atoms with van der Waals surface area (Å²) in [6, 6.07) is 11.5. The van der Waals surface area contributed by atoms with E-state index in [0.29, 0.717) is 11.0 Å². The van der Waals surface area contributed by atoms with E-state index in [4.69, 9.17) is 0 Å². The average Bonchev–Trinajstić information content (AvgIpc) is 2.86. The molecular formula is C15H14BrN3O3S. The molecule has 1 aromatic heterocycles. The first-order chi connectivity index (χ1) is 10.9. The van der Waals surface area contributed by atoms with Gasteiger partial charge in [-0.15, -0.1) is 0 Å². The minimum atomic E-state index is -3.71. The van der Waals surface area contributed by atoms with Crippen molar-refractivity contribution in [2.45, 2.75) is 17.9 Å². The second-order valence-electron chi connectivity index (χ2n) is 5.15. The van der Waals surface area contributed by atoms with E-state index in [-0.39, 0.29) is 10.6 Å². The quantitative estimate of drug-likeness (QED) is 0.633. The molecule has 0 radical (unpaired) electrons. The van der Waals surface area contributed by atoms with Gasteiger partial charge in [0.25, 0.3) is 0 Å². The fourth-order valence-corrected chi connectivity index (χ4v) is 4.25. The maximum absolute atomic E-state index is 12.5. The largest absolute Gasteiger partial charge is 0.323 e. The smallest absolute Gasteiger partial charge is 0.306 e. The highest BCUT2D eigenvalue weighted by Crippen LogP contribution is 2.25. The summed E-state index contributed by atoms with van der Waals surface area (Å²) < 4.78 is 28.6. The van der Waals surface area contributed by atoms with Crippen molar-refractivity contribution >= 4 is 37.0 Å². The molecule has 3 N–H and O–H groups in total. The number of imidazole rings is 1. The van der Waals surface area contributed by atoms with Crippen LogP contribution in [0.1, 0.15) is 18.5 Å². The molecule has 1 heterocycles. The molecule has 0 saturated heterocycles. The fourth-order valence-electron chi connectivity index (χ4n) is 2.37. The second-order valence-corrected chi connectivity index (χ2v) is 7.72. The van der Waals surface area contributed by atoms with Crippen molar-refractivity contribution in [1.82, 2.24) is 14.7 Å². The molecule has 120 valence electrons. The van der Waals surface area contributed by atoms with E-state index in [1.165, 1.54) is 12.1 Å². The number of aromatic nitrogens is 2. The Kier molecular flexibility index (Phi) is 4.13. The van der Waals surface area contributed by atoms with Gasteiger partial charge in [-0.3, -0.25) is 0 Å². The number of aromatic amines is 2. The number of H-pyrrole nitrogens is 2. The Morgan fingerprint density at radius 1 is 1.09 bits per heavy atom. The van der Waals surface area contributed by atoms with Gasteiger partial charge in [0, 0.05) is 10.5 Å². The molecule has 0 amide bonds. The van der Waals surface area contributed by atoms with Gasteiger partial charge in [0.1, 0.15) is 0 Å². The molecule has 1 atom stereocenters. The summed E-state index contributed by atoms with van der Waals surface area (Å²) in [7, 11) is -3.71. The Labute approximate surface area is 141 Å². The molecule has 0 aliphatic heterocycles. The van der Waals surface area contributed by atoms with Crippen molar-refractivity contribution in [2.24, 2.45) is 0 Å². The van der Waals surface area contributed by atoms with Crippen molar-refractivity contribution in [3.05, 3.63) is 63.0 Å². The molecule has 8 heteroatoms. The molecule has 2 aromatic carbocycles. The number of halogens is 1. The highest BCUT2D eigenvalue weighted by Gasteiger charge is 2.20. The monoisotopic (exact) mass is 395 g/mol. The lowest BCUT2D eigenvalue weighted by atomic mass is 10.1. The van der Waals surface area contributed by atoms with Crippen molar-refractivity contribution < 1.29 is 8.42 Å². The van der Waals surface area contributed by atoms with Gasteiger partial charge in [-0.1, -0.05) is 34.1 Å². The lowest BCUT2D eigenvalue weighted by Gasteiger charge is -2.16. The Bertz CT molecular complexity index is 1020. The summed E-state index contributed by atoms with van der Waals surface area (Å²) in [6.45, 7) is 1.77. The topological polar surface area (TPSA) is 94.8 Å². The predicted octanol–water partition coefficient (Wildman–Crippen LogP) is 2.66. The van der Waals surface area contributed by atoms with E-state index in [9.17, 15) is 13.2 Å². The van der Waals surface area contributed by atoms with Crippen LogP contribution in [-0.4, -0.2) is 18.4 Å². The van der Waals surface area contributed by atoms with E-state index in [1.54, 1.807) is 13.0 Å². The summed E-state index contributed by atoms with van der Waals surface area (Å²) in [6.07, 6.45) is 0. The van der Waals surface area contributed by atoms with Crippen LogP contribution in [0.15, 0.2) is 56.6 Å². The van der Waals surface area contributed by atoms with E-state index < -0.39 is 16.1 Å². The summed E-state index contributed by atoms with van der Waals surface area (Å²) in [4.78, 5) is 16.5. The van der Waals surface area contributed by atoms with Gasteiger partial charge in [-0.2, -0.15) is 0 Å². The number of rotatable bonds is 4. The van der Waals surface area contributed by atoms with E-state index in [0.717, 1.165) is 10.0 Å². The first kappa shape index (κ1) is 16.0. The Balaban J connectivity index is 1.93. The normalized spacial score (nSPS) is 13.3. The molecule has 0 unspecified atom stereocenters. The maximum atomic E-state index is 12.5. The zero-order chi connectivity index (χ0) is 16.6. The van der Waals surface area contributed by atoms with Gasteiger partial charge >= 0.3 is 5.69 Å². The van der Waals surface area contributed by atoms with Gasteiger partial charge in [0.15, 0.2) is 0 Å². The predicted molar refractivity (Wildman–Crippen MR) is 91.8 cm³/mol. The van der Waals surface area contributed by atoms with Gasteiger partial charge < -0.3 is 9.97 Å². The van der Waals surface area contributed by atoms with Crippen molar-refractivity contribution in [2.75, 3.05) is 0 Å². The minimum Gasteiger partial charge on any atom is -0.306 e. The number of benzene rings is 2. The SMILES string of the molecule is C[C@@H](NS(=O)(=O)c1ccc2[nH]c(=O)[nH]c2c1)c1ccccc1Br. The molecule has 0 aliphatic carbocycles. The van der Waals surface area contributed by atoms with Crippen LogP contribution < -0.4 is 10.4 Å². The Hall–Kier alpha value is -1.90. The van der Waals surface area contributed by atoms with Crippen LogP contribution >= 0.6 is 15.9 Å². The van der Waals surface area contributed by atoms with Crippen LogP contribution in [-0.2, 0) is 10.0 Å². The molecule has 3 rings (SSSR count). The lowest BCUT2D eigenvalue weighted by Crippen LogP contribution is -2.27. The molecule has 0 fully saturated rings. The molecule has 0 spiro atoms. The van der Waals surface area contributed by atoms with Gasteiger partial charge in [0.05, 0.1) is 15.9 Å². The maximum Gasteiger partial charge on any atom is 0.323 e. The molecule has 3 aromatic rings. The highest BCUT2D eigenvalue weighted by atomic mass is 79.9. The second kappa shape index (κ2) is 5.95. The lowest BCUT2D eigenvalue weighted by molar-refractivity contribution is 0.566. The number of hydrogen-bond donors (Lipinski definition) is 3. The first-order valence-corrected chi connectivity index (χ1v) is 9.13. The average molecular weight is 396 g/mol. The third kappa shape index (κ3) is 3.24. The number of sulfonamides is 1. The third-order valence-corrected chi connectivity index (χ3v) is 5.76. The number of fused-ring (bicyclic) bond motifs is 1. The molecule has 0 saturated carbocycles. The van der Waals surface area contributed by atoms with E-state index in [1.807, 2.05) is 24.3 Å². The zero-order valence-electron chi connectivity index (χ0n) is 12.1. The van der Waals surface area contributed by atoms with Crippen molar-refractivity contribution in [3.63, 3.8) is 0 Å². The van der Waals surface area contributed by atoms with Crippen LogP contribution in [0, 0.1) is 0 Å².